The summed E-state index contributed by atoms with van der Waals surface area (Å²) in [6.07, 6.45) is -2.77. The van der Waals surface area contributed by atoms with Crippen molar-refractivity contribution >= 4 is 11.9 Å². The minimum Gasteiger partial charge on any atom is -0.480 e. The summed E-state index contributed by atoms with van der Waals surface area (Å²) >= 11 is 0. The SMILES string of the molecule is CC1CCN(C(=O)c2cccn2CC(F)(F)F)C1C(=O)O. The fourth-order valence-corrected chi connectivity index (χ4v) is 2.64. The number of hydrogen-bond donors (Lipinski definition) is 1. The lowest BCUT2D eigenvalue weighted by molar-refractivity contribution is -0.143. The maximum atomic E-state index is 12.5. The van der Waals surface area contributed by atoms with Crippen molar-refractivity contribution in [1.29, 1.82) is 0 Å². The maximum absolute atomic E-state index is 12.5. The van der Waals surface area contributed by atoms with Crippen LogP contribution >= 0.6 is 0 Å². The first-order valence-corrected chi connectivity index (χ1v) is 6.46. The number of carbonyl (C=O) groups is 2. The van der Waals surface area contributed by atoms with Crippen LogP contribution in [0.4, 0.5) is 13.2 Å². The molecule has 116 valence electrons. The Morgan fingerprint density at radius 3 is 2.67 bits per heavy atom. The highest BCUT2D eigenvalue weighted by Gasteiger charge is 2.41. The zero-order valence-corrected chi connectivity index (χ0v) is 11.3. The first-order valence-electron chi connectivity index (χ1n) is 6.46. The van der Waals surface area contributed by atoms with E-state index in [4.69, 9.17) is 0 Å². The molecule has 21 heavy (non-hydrogen) atoms. The Balaban J connectivity index is 2.25. The zero-order chi connectivity index (χ0) is 15.8. The Kier molecular flexibility index (Phi) is 3.97. The molecule has 5 nitrogen and oxygen atoms in total. The number of amides is 1. The summed E-state index contributed by atoms with van der Waals surface area (Å²) in [5, 5.41) is 9.18. The first-order chi connectivity index (χ1) is 9.70. The van der Waals surface area contributed by atoms with Crippen molar-refractivity contribution in [1.82, 2.24) is 9.47 Å². The second-order valence-corrected chi connectivity index (χ2v) is 5.18. The number of alkyl halides is 3. The molecule has 0 aliphatic carbocycles. The summed E-state index contributed by atoms with van der Waals surface area (Å²) in [4.78, 5) is 24.7. The molecule has 1 amide bonds. The van der Waals surface area contributed by atoms with Crippen LogP contribution in [0.3, 0.4) is 0 Å². The van der Waals surface area contributed by atoms with E-state index in [9.17, 15) is 27.9 Å². The minimum atomic E-state index is -4.45. The van der Waals surface area contributed by atoms with Crippen LogP contribution in [0.25, 0.3) is 0 Å². The van der Waals surface area contributed by atoms with Gasteiger partial charge in [0.2, 0.25) is 0 Å². The molecule has 1 aliphatic rings. The van der Waals surface area contributed by atoms with Crippen molar-refractivity contribution in [2.45, 2.75) is 32.1 Å². The van der Waals surface area contributed by atoms with Crippen molar-refractivity contribution in [3.05, 3.63) is 24.0 Å². The number of carboxylic acids is 1. The molecule has 2 unspecified atom stereocenters. The van der Waals surface area contributed by atoms with Gasteiger partial charge < -0.3 is 14.6 Å². The van der Waals surface area contributed by atoms with Crippen LogP contribution in [0.1, 0.15) is 23.8 Å². The molecule has 0 spiro atoms. The predicted octanol–water partition coefficient (Wildman–Crippen LogP) is 1.99. The van der Waals surface area contributed by atoms with Crippen LogP contribution in [0.5, 0.6) is 0 Å². The van der Waals surface area contributed by atoms with Crippen LogP contribution in [0.2, 0.25) is 0 Å². The number of likely N-dealkylation sites (tertiary alicyclic amines) is 1. The van der Waals surface area contributed by atoms with Crippen molar-refractivity contribution in [2.24, 2.45) is 5.92 Å². The third-order valence-corrected chi connectivity index (χ3v) is 3.61. The van der Waals surface area contributed by atoms with Gasteiger partial charge in [0.05, 0.1) is 0 Å². The molecule has 8 heteroatoms. The lowest BCUT2D eigenvalue weighted by Crippen LogP contribution is -2.43. The van der Waals surface area contributed by atoms with Gasteiger partial charge in [-0.1, -0.05) is 6.92 Å². The lowest BCUT2D eigenvalue weighted by atomic mass is 10.0. The molecule has 1 aromatic rings. The van der Waals surface area contributed by atoms with Gasteiger partial charge in [-0.05, 0) is 24.5 Å². The number of hydrogen-bond acceptors (Lipinski definition) is 2. The van der Waals surface area contributed by atoms with Crippen LogP contribution < -0.4 is 0 Å². The highest BCUT2D eigenvalue weighted by atomic mass is 19.4. The number of halogens is 3. The topological polar surface area (TPSA) is 62.5 Å². The Bertz CT molecular complexity index is 553. The van der Waals surface area contributed by atoms with Gasteiger partial charge in [-0.3, -0.25) is 4.79 Å². The largest absolute Gasteiger partial charge is 0.480 e. The van der Waals surface area contributed by atoms with Crippen LogP contribution in [-0.4, -0.2) is 45.2 Å². The van der Waals surface area contributed by atoms with E-state index in [-0.39, 0.29) is 18.2 Å². The Morgan fingerprint density at radius 2 is 2.10 bits per heavy atom. The second kappa shape index (κ2) is 5.42. The summed E-state index contributed by atoms with van der Waals surface area (Å²) in [5.41, 5.74) is -0.146. The molecule has 0 saturated carbocycles. The first kappa shape index (κ1) is 15.4. The van der Waals surface area contributed by atoms with Gasteiger partial charge in [0.15, 0.2) is 0 Å². The Morgan fingerprint density at radius 1 is 1.43 bits per heavy atom. The fourth-order valence-electron chi connectivity index (χ4n) is 2.64. The van der Waals surface area contributed by atoms with Crippen molar-refractivity contribution < 1.29 is 27.9 Å². The fraction of sp³-hybridized carbons (Fsp3) is 0.538. The van der Waals surface area contributed by atoms with Gasteiger partial charge in [-0.15, -0.1) is 0 Å². The Labute approximate surface area is 119 Å². The average Bonchev–Trinajstić information content (AvgIpc) is 2.92. The average molecular weight is 304 g/mol. The summed E-state index contributed by atoms with van der Waals surface area (Å²) in [6, 6.07) is 1.62. The molecule has 0 radical (unpaired) electrons. The lowest BCUT2D eigenvalue weighted by Gasteiger charge is -2.24. The molecule has 1 saturated heterocycles. The molecule has 0 aromatic carbocycles. The molecule has 1 aromatic heterocycles. The van der Waals surface area contributed by atoms with E-state index in [0.717, 1.165) is 15.7 Å². The van der Waals surface area contributed by atoms with Gasteiger partial charge in [0.25, 0.3) is 5.91 Å². The molecule has 2 atom stereocenters. The molecule has 2 heterocycles. The van der Waals surface area contributed by atoms with E-state index in [1.165, 1.54) is 12.1 Å². The zero-order valence-electron chi connectivity index (χ0n) is 11.3. The van der Waals surface area contributed by atoms with Crippen molar-refractivity contribution in [3.8, 4) is 0 Å². The molecule has 1 N–H and O–H groups in total. The minimum absolute atomic E-state index is 0.146. The van der Waals surface area contributed by atoms with Gasteiger partial charge in [0, 0.05) is 12.7 Å². The van der Waals surface area contributed by atoms with E-state index < -0.39 is 30.6 Å². The van der Waals surface area contributed by atoms with Gasteiger partial charge in [-0.25, -0.2) is 4.79 Å². The van der Waals surface area contributed by atoms with Crippen LogP contribution in [0.15, 0.2) is 18.3 Å². The molecule has 0 bridgehead atoms. The number of aromatic nitrogens is 1. The summed E-state index contributed by atoms with van der Waals surface area (Å²) in [6.45, 7) is 0.664. The summed E-state index contributed by atoms with van der Waals surface area (Å²) in [5.74, 6) is -2.04. The number of nitrogens with zero attached hydrogens (tertiary/aromatic N) is 2. The number of carbonyl (C=O) groups excluding carboxylic acids is 1. The van der Waals surface area contributed by atoms with Crippen molar-refractivity contribution in [3.63, 3.8) is 0 Å². The van der Waals surface area contributed by atoms with Crippen molar-refractivity contribution in [2.75, 3.05) is 6.54 Å². The summed E-state index contributed by atoms with van der Waals surface area (Å²) in [7, 11) is 0. The number of carboxylic acid groups (broad SMARTS) is 1. The van der Waals surface area contributed by atoms with E-state index in [2.05, 4.69) is 0 Å². The van der Waals surface area contributed by atoms with Gasteiger partial charge in [0.1, 0.15) is 18.3 Å². The standard InChI is InChI=1S/C13H15F3N2O3/c1-8-4-6-18(10(8)12(20)21)11(19)9-3-2-5-17(9)7-13(14,15)16/h2-3,5,8,10H,4,6-7H2,1H3,(H,20,21). The third-order valence-electron chi connectivity index (χ3n) is 3.61. The van der Waals surface area contributed by atoms with Crippen LogP contribution in [0, 0.1) is 5.92 Å². The van der Waals surface area contributed by atoms with Gasteiger partial charge >= 0.3 is 12.1 Å². The van der Waals surface area contributed by atoms with Crippen LogP contribution in [-0.2, 0) is 11.3 Å². The predicted molar refractivity (Wildman–Crippen MR) is 66.7 cm³/mol. The highest BCUT2D eigenvalue weighted by Crippen LogP contribution is 2.27. The van der Waals surface area contributed by atoms with E-state index in [1.54, 1.807) is 6.92 Å². The molecule has 1 aliphatic heterocycles. The van der Waals surface area contributed by atoms with E-state index >= 15 is 0 Å². The molecule has 1 fully saturated rings. The second-order valence-electron chi connectivity index (χ2n) is 5.18. The molecule has 2 rings (SSSR count). The third kappa shape index (κ3) is 3.20. The monoisotopic (exact) mass is 304 g/mol. The van der Waals surface area contributed by atoms with E-state index in [0.29, 0.717) is 6.42 Å². The quantitative estimate of drug-likeness (QED) is 0.929. The molecular weight excluding hydrogens is 289 g/mol. The maximum Gasteiger partial charge on any atom is 0.406 e. The number of aliphatic carboxylic acids is 1. The van der Waals surface area contributed by atoms with Gasteiger partial charge in [-0.2, -0.15) is 13.2 Å². The number of rotatable bonds is 3. The van der Waals surface area contributed by atoms with E-state index in [1.807, 2.05) is 0 Å². The smallest absolute Gasteiger partial charge is 0.406 e. The molecular formula is C13H15F3N2O3. The Hall–Kier alpha value is -1.99. The highest BCUT2D eigenvalue weighted by molar-refractivity contribution is 5.95. The summed E-state index contributed by atoms with van der Waals surface area (Å²) < 4.78 is 38.2. The normalized spacial score (nSPS) is 22.6.